The van der Waals surface area contributed by atoms with Crippen LogP contribution in [0, 0.1) is 6.07 Å². The molecule has 1 aliphatic rings. The second-order valence-corrected chi connectivity index (χ2v) is 3.32. The van der Waals surface area contributed by atoms with Crippen LogP contribution < -0.4 is 10.2 Å². The molecule has 0 atom stereocenters. The monoisotopic (exact) mass is 210 g/mol. The lowest BCUT2D eigenvalue weighted by molar-refractivity contribution is -0.118. The van der Waals surface area contributed by atoms with Gasteiger partial charge in [0.2, 0.25) is 5.91 Å². The van der Waals surface area contributed by atoms with Crippen LogP contribution in [0.3, 0.4) is 0 Å². The van der Waals surface area contributed by atoms with Crippen LogP contribution in [0.15, 0.2) is 12.1 Å². The van der Waals surface area contributed by atoms with E-state index in [4.69, 9.17) is 11.6 Å². The zero-order valence-electron chi connectivity index (χ0n) is 7.46. The summed E-state index contributed by atoms with van der Waals surface area (Å²) in [4.78, 5) is 17.1. The predicted molar refractivity (Wildman–Crippen MR) is 53.3 cm³/mol. The molecule has 0 bridgehead atoms. The first-order valence-corrected chi connectivity index (χ1v) is 4.70. The van der Waals surface area contributed by atoms with Crippen LogP contribution in [0.25, 0.3) is 0 Å². The Kier molecular flexibility index (Phi) is 2.65. The minimum absolute atomic E-state index is 0.0195. The molecule has 1 aliphatic heterocycles. The average Bonchev–Trinajstić information content (AvgIpc) is 2.18. The smallest absolute Gasteiger partial charge is 0.242 e. The first-order valence-electron chi connectivity index (χ1n) is 4.33. The molecule has 5 heteroatoms. The standard InChI is InChI=1S/C9H9ClN3O/c10-7-2-1-3-8(12-7)13-5-4-11-6-9(13)14/h1,3,11H,4-6H2. The van der Waals surface area contributed by atoms with Gasteiger partial charge in [-0.15, -0.1) is 0 Å². The molecule has 1 fully saturated rings. The predicted octanol–water partition coefficient (Wildman–Crippen LogP) is 0.471. The molecule has 73 valence electrons. The Balaban J connectivity index is 2.24. The summed E-state index contributed by atoms with van der Waals surface area (Å²) in [5.41, 5.74) is 0. The van der Waals surface area contributed by atoms with Crippen LogP contribution >= 0.6 is 11.6 Å². The summed E-state index contributed by atoms with van der Waals surface area (Å²) in [6.45, 7) is 1.77. The highest BCUT2D eigenvalue weighted by Crippen LogP contribution is 2.14. The van der Waals surface area contributed by atoms with Crippen LogP contribution in [0.5, 0.6) is 0 Å². The number of aromatic nitrogens is 1. The van der Waals surface area contributed by atoms with Gasteiger partial charge in [-0.25, -0.2) is 4.98 Å². The second kappa shape index (κ2) is 3.94. The van der Waals surface area contributed by atoms with Gasteiger partial charge < -0.3 is 5.32 Å². The van der Waals surface area contributed by atoms with Crippen molar-refractivity contribution in [2.45, 2.75) is 0 Å². The highest BCUT2D eigenvalue weighted by Gasteiger charge is 2.19. The molecule has 2 heterocycles. The van der Waals surface area contributed by atoms with Crippen molar-refractivity contribution in [3.05, 3.63) is 23.4 Å². The number of amides is 1. The fraction of sp³-hybridized carbons (Fsp3) is 0.333. The number of carbonyl (C=O) groups excluding carboxylic acids is 1. The Morgan fingerprint density at radius 3 is 3.21 bits per heavy atom. The van der Waals surface area contributed by atoms with Crippen LogP contribution in [0.2, 0.25) is 5.15 Å². The molecule has 0 aliphatic carbocycles. The lowest BCUT2D eigenvalue weighted by atomic mass is 10.3. The summed E-state index contributed by atoms with van der Waals surface area (Å²) < 4.78 is 0. The van der Waals surface area contributed by atoms with E-state index in [0.29, 0.717) is 18.9 Å². The third-order valence-electron chi connectivity index (χ3n) is 2.01. The van der Waals surface area contributed by atoms with Crippen molar-refractivity contribution in [2.75, 3.05) is 24.5 Å². The molecule has 1 radical (unpaired) electrons. The van der Waals surface area contributed by atoms with Crippen molar-refractivity contribution in [3.63, 3.8) is 0 Å². The highest BCUT2D eigenvalue weighted by molar-refractivity contribution is 6.29. The molecule has 1 aromatic rings. The normalized spacial score (nSPS) is 17.2. The number of pyridine rings is 1. The van der Waals surface area contributed by atoms with Gasteiger partial charge in [0.1, 0.15) is 11.0 Å². The Hall–Kier alpha value is -1.13. The van der Waals surface area contributed by atoms with E-state index in [2.05, 4.69) is 16.4 Å². The number of piperazine rings is 1. The van der Waals surface area contributed by atoms with Crippen molar-refractivity contribution in [1.29, 1.82) is 0 Å². The number of nitrogens with zero attached hydrogens (tertiary/aromatic N) is 2. The number of halogens is 1. The van der Waals surface area contributed by atoms with Crippen LogP contribution in [-0.2, 0) is 4.79 Å². The number of anilines is 1. The summed E-state index contributed by atoms with van der Waals surface area (Å²) >= 11 is 5.69. The number of hydrogen-bond acceptors (Lipinski definition) is 3. The first kappa shape index (κ1) is 9.43. The van der Waals surface area contributed by atoms with Crippen LogP contribution in [-0.4, -0.2) is 30.5 Å². The molecule has 0 aromatic carbocycles. The Morgan fingerprint density at radius 1 is 1.64 bits per heavy atom. The van der Waals surface area contributed by atoms with Gasteiger partial charge in [-0.3, -0.25) is 9.69 Å². The molecule has 14 heavy (non-hydrogen) atoms. The van der Waals surface area contributed by atoms with Gasteiger partial charge in [0, 0.05) is 19.2 Å². The molecule has 4 nitrogen and oxygen atoms in total. The van der Waals surface area contributed by atoms with E-state index >= 15 is 0 Å². The number of rotatable bonds is 1. The van der Waals surface area contributed by atoms with Gasteiger partial charge in [0.15, 0.2) is 0 Å². The fourth-order valence-corrected chi connectivity index (χ4v) is 1.50. The van der Waals surface area contributed by atoms with Crippen molar-refractivity contribution in [1.82, 2.24) is 10.3 Å². The van der Waals surface area contributed by atoms with E-state index < -0.39 is 0 Å². The van der Waals surface area contributed by atoms with Gasteiger partial charge >= 0.3 is 0 Å². The van der Waals surface area contributed by atoms with E-state index in [0.717, 1.165) is 6.54 Å². The van der Waals surface area contributed by atoms with Gasteiger partial charge in [-0.05, 0) is 12.1 Å². The Labute approximate surface area is 86.9 Å². The maximum Gasteiger partial charge on any atom is 0.242 e. The maximum atomic E-state index is 11.5. The number of nitrogens with one attached hydrogen (secondary N) is 1. The molecule has 2 rings (SSSR count). The molecule has 1 aromatic heterocycles. The summed E-state index contributed by atoms with van der Waals surface area (Å²) in [5, 5.41) is 3.28. The topological polar surface area (TPSA) is 45.2 Å². The average molecular weight is 211 g/mol. The molecule has 0 spiro atoms. The van der Waals surface area contributed by atoms with Gasteiger partial charge in [-0.1, -0.05) is 11.6 Å². The van der Waals surface area contributed by atoms with Crippen molar-refractivity contribution in [3.8, 4) is 0 Å². The summed E-state index contributed by atoms with van der Waals surface area (Å²) in [6, 6.07) is 6.12. The van der Waals surface area contributed by atoms with Gasteiger partial charge in [0.25, 0.3) is 0 Å². The maximum absolute atomic E-state index is 11.5. The molecular weight excluding hydrogens is 202 g/mol. The second-order valence-electron chi connectivity index (χ2n) is 2.96. The Morgan fingerprint density at radius 2 is 2.50 bits per heavy atom. The summed E-state index contributed by atoms with van der Waals surface area (Å²) in [6.07, 6.45) is 0. The summed E-state index contributed by atoms with van der Waals surface area (Å²) in [5.74, 6) is 0.617. The number of hydrogen-bond donors (Lipinski definition) is 1. The SMILES string of the molecule is O=C1CNCCN1c1cc[c]c(Cl)n1. The first-order chi connectivity index (χ1) is 6.77. The van der Waals surface area contributed by atoms with Crippen LogP contribution in [0.1, 0.15) is 0 Å². The fourth-order valence-electron chi connectivity index (χ4n) is 1.35. The van der Waals surface area contributed by atoms with E-state index in [9.17, 15) is 4.79 Å². The van der Waals surface area contributed by atoms with Crippen LogP contribution in [0.4, 0.5) is 5.82 Å². The zero-order valence-corrected chi connectivity index (χ0v) is 8.21. The van der Waals surface area contributed by atoms with Crippen molar-refractivity contribution >= 4 is 23.3 Å². The largest absolute Gasteiger partial charge is 0.307 e. The van der Waals surface area contributed by atoms with Gasteiger partial charge in [0.05, 0.1) is 6.54 Å². The third-order valence-corrected chi connectivity index (χ3v) is 2.21. The molecule has 1 amide bonds. The van der Waals surface area contributed by atoms with Gasteiger partial charge in [-0.2, -0.15) is 0 Å². The third kappa shape index (κ3) is 1.86. The summed E-state index contributed by atoms with van der Waals surface area (Å²) in [7, 11) is 0. The molecule has 0 saturated carbocycles. The lowest BCUT2D eigenvalue weighted by Crippen LogP contribution is -2.48. The van der Waals surface area contributed by atoms with E-state index in [1.54, 1.807) is 17.0 Å². The highest BCUT2D eigenvalue weighted by atomic mass is 35.5. The lowest BCUT2D eigenvalue weighted by Gasteiger charge is -2.26. The molecule has 1 saturated heterocycles. The quantitative estimate of drug-likeness (QED) is 0.686. The van der Waals surface area contributed by atoms with E-state index in [1.807, 2.05) is 0 Å². The number of carbonyl (C=O) groups is 1. The van der Waals surface area contributed by atoms with Crippen molar-refractivity contribution in [2.24, 2.45) is 0 Å². The molecular formula is C9H9ClN3O. The van der Waals surface area contributed by atoms with E-state index in [-0.39, 0.29) is 11.1 Å². The van der Waals surface area contributed by atoms with Crippen molar-refractivity contribution < 1.29 is 4.79 Å². The minimum Gasteiger partial charge on any atom is -0.307 e. The molecule has 0 unspecified atom stereocenters. The Bertz CT molecular complexity index is 356. The zero-order chi connectivity index (χ0) is 9.97. The minimum atomic E-state index is 0.0195. The van der Waals surface area contributed by atoms with E-state index in [1.165, 1.54) is 0 Å². The molecule has 1 N–H and O–H groups in total.